The van der Waals surface area contributed by atoms with Crippen molar-refractivity contribution in [2.45, 2.75) is 6.54 Å². The zero-order chi connectivity index (χ0) is 8.81. The number of aliphatic hydroxyl groups is 1. The largest absolute Gasteiger partial charge is 0.395 e. The molecule has 0 aliphatic carbocycles. The molecule has 0 heterocycles. The van der Waals surface area contributed by atoms with Crippen molar-refractivity contribution >= 4 is 0 Å². The molecule has 0 aliphatic rings. The Morgan fingerprint density at radius 3 is 2.50 bits per heavy atom. The molecule has 1 radical (unpaired) electrons. The zero-order valence-electron chi connectivity index (χ0n) is 7.11. The molecule has 65 valence electrons. The Morgan fingerprint density at radius 2 is 1.92 bits per heavy atom. The first-order chi connectivity index (χ1) is 5.83. The number of rotatable bonds is 4. The molecule has 0 aromatic heterocycles. The second-order valence-electron chi connectivity index (χ2n) is 2.76. The predicted octanol–water partition coefficient (Wildman–Crippen LogP) is 1.27. The van der Waals surface area contributed by atoms with Gasteiger partial charge >= 0.3 is 0 Å². The van der Waals surface area contributed by atoms with Crippen molar-refractivity contribution in [1.29, 1.82) is 0 Å². The number of aliphatic hydroxyl groups excluding tert-OH is 1. The summed E-state index contributed by atoms with van der Waals surface area (Å²) in [5.41, 5.74) is 1.22. The third-order valence-corrected chi connectivity index (χ3v) is 1.67. The van der Waals surface area contributed by atoms with Crippen LogP contribution in [0, 0.1) is 7.05 Å². The number of nitrogens with zero attached hydrogens (tertiary/aromatic N) is 1. The number of hydrogen-bond donors (Lipinski definition) is 1. The Balaban J connectivity index is 2.41. The first kappa shape index (κ1) is 9.23. The molecule has 0 fully saturated rings. The average Bonchev–Trinajstić information content (AvgIpc) is 2.06. The van der Waals surface area contributed by atoms with Crippen LogP contribution in [-0.4, -0.2) is 23.2 Å². The summed E-state index contributed by atoms with van der Waals surface area (Å²) in [7, 11) is 3.80. The average molecular weight is 164 g/mol. The van der Waals surface area contributed by atoms with Crippen molar-refractivity contribution in [2.75, 3.05) is 13.2 Å². The van der Waals surface area contributed by atoms with Gasteiger partial charge in [-0.2, -0.15) is 0 Å². The van der Waals surface area contributed by atoms with Gasteiger partial charge in [0.25, 0.3) is 0 Å². The van der Waals surface area contributed by atoms with E-state index in [-0.39, 0.29) is 6.61 Å². The third kappa shape index (κ3) is 3.03. The van der Waals surface area contributed by atoms with E-state index >= 15 is 0 Å². The van der Waals surface area contributed by atoms with Crippen LogP contribution in [0.5, 0.6) is 0 Å². The fourth-order valence-corrected chi connectivity index (χ4v) is 1.06. The quantitative estimate of drug-likeness (QED) is 0.724. The summed E-state index contributed by atoms with van der Waals surface area (Å²) in [6.07, 6.45) is 0. The number of hydrogen-bond acceptors (Lipinski definition) is 2. The van der Waals surface area contributed by atoms with Crippen molar-refractivity contribution in [3.05, 3.63) is 42.9 Å². The topological polar surface area (TPSA) is 23.5 Å². The molecule has 0 atom stereocenters. The summed E-state index contributed by atoms with van der Waals surface area (Å²) < 4.78 is 0. The molecule has 2 heteroatoms. The molecule has 0 bridgehead atoms. The molecule has 0 spiro atoms. The van der Waals surface area contributed by atoms with Crippen LogP contribution in [0.15, 0.2) is 30.3 Å². The lowest BCUT2D eigenvalue weighted by molar-refractivity contribution is 0.231. The van der Waals surface area contributed by atoms with Crippen molar-refractivity contribution in [3.8, 4) is 0 Å². The van der Waals surface area contributed by atoms with Crippen molar-refractivity contribution in [1.82, 2.24) is 4.90 Å². The van der Waals surface area contributed by atoms with Crippen molar-refractivity contribution < 1.29 is 5.11 Å². The minimum atomic E-state index is 0.163. The fraction of sp³-hybridized carbons (Fsp3) is 0.300. The monoisotopic (exact) mass is 164 g/mol. The molecule has 0 amide bonds. The summed E-state index contributed by atoms with van der Waals surface area (Å²) in [5.74, 6) is 0. The van der Waals surface area contributed by atoms with Gasteiger partial charge in [0.05, 0.1) is 6.61 Å². The van der Waals surface area contributed by atoms with E-state index in [0.717, 1.165) is 6.54 Å². The molecule has 1 aromatic carbocycles. The highest BCUT2D eigenvalue weighted by Gasteiger charge is 1.97. The summed E-state index contributed by atoms with van der Waals surface area (Å²) in [6.45, 7) is 1.58. The van der Waals surface area contributed by atoms with Crippen LogP contribution in [-0.2, 0) is 6.54 Å². The lowest BCUT2D eigenvalue weighted by atomic mass is 10.2. The Labute approximate surface area is 73.4 Å². The summed E-state index contributed by atoms with van der Waals surface area (Å²) >= 11 is 0. The lowest BCUT2D eigenvalue weighted by Crippen LogP contribution is -2.19. The van der Waals surface area contributed by atoms with Gasteiger partial charge in [-0.15, -0.1) is 0 Å². The summed E-state index contributed by atoms with van der Waals surface area (Å²) in [6, 6.07) is 10.1. The molecule has 1 rings (SSSR count). The predicted molar refractivity (Wildman–Crippen MR) is 49.3 cm³/mol. The van der Waals surface area contributed by atoms with Crippen LogP contribution >= 0.6 is 0 Å². The molecule has 1 N–H and O–H groups in total. The van der Waals surface area contributed by atoms with E-state index in [0.29, 0.717) is 6.54 Å². The van der Waals surface area contributed by atoms with Gasteiger partial charge in [-0.3, -0.25) is 4.90 Å². The smallest absolute Gasteiger partial charge is 0.0558 e. The fourth-order valence-electron chi connectivity index (χ4n) is 1.06. The second-order valence-corrected chi connectivity index (χ2v) is 2.76. The highest BCUT2D eigenvalue weighted by molar-refractivity contribution is 5.14. The molecule has 0 saturated carbocycles. The first-order valence-corrected chi connectivity index (χ1v) is 4.03. The van der Waals surface area contributed by atoms with Gasteiger partial charge in [-0.1, -0.05) is 30.3 Å². The summed E-state index contributed by atoms with van der Waals surface area (Å²) in [4.78, 5) is 1.84. The Kier molecular flexibility index (Phi) is 3.77. The van der Waals surface area contributed by atoms with Crippen LogP contribution in [0.1, 0.15) is 5.56 Å². The zero-order valence-corrected chi connectivity index (χ0v) is 7.11. The van der Waals surface area contributed by atoms with Gasteiger partial charge in [0.15, 0.2) is 0 Å². The number of benzene rings is 1. The first-order valence-electron chi connectivity index (χ1n) is 4.03. The maximum absolute atomic E-state index is 8.63. The van der Waals surface area contributed by atoms with Crippen LogP contribution in [0.2, 0.25) is 0 Å². The maximum atomic E-state index is 8.63. The van der Waals surface area contributed by atoms with Gasteiger partial charge in [0.2, 0.25) is 0 Å². The molecule has 0 unspecified atom stereocenters. The Hall–Kier alpha value is -0.860. The van der Waals surface area contributed by atoms with Gasteiger partial charge in [0, 0.05) is 20.1 Å². The normalized spacial score (nSPS) is 10.6. The van der Waals surface area contributed by atoms with E-state index in [1.807, 2.05) is 23.1 Å². The maximum Gasteiger partial charge on any atom is 0.0558 e. The molecular weight excluding hydrogens is 150 g/mol. The van der Waals surface area contributed by atoms with Crippen LogP contribution < -0.4 is 0 Å². The molecule has 0 saturated heterocycles. The van der Waals surface area contributed by atoms with Crippen LogP contribution in [0.4, 0.5) is 0 Å². The standard InChI is InChI=1S/C10H14NO/c1-11(7-8-12)9-10-5-3-2-4-6-10/h2-6,12H,1,7-9H2. The highest BCUT2D eigenvalue weighted by Crippen LogP contribution is 2.02. The SMILES string of the molecule is [CH2]N(CCO)Cc1ccccc1. The van der Waals surface area contributed by atoms with E-state index in [1.54, 1.807) is 0 Å². The molecule has 1 aromatic rings. The van der Waals surface area contributed by atoms with Gasteiger partial charge in [-0.05, 0) is 5.56 Å². The van der Waals surface area contributed by atoms with Crippen LogP contribution in [0.25, 0.3) is 0 Å². The Bertz CT molecular complexity index is 210. The molecule has 12 heavy (non-hydrogen) atoms. The lowest BCUT2D eigenvalue weighted by Gasteiger charge is -2.14. The highest BCUT2D eigenvalue weighted by atomic mass is 16.3. The van der Waals surface area contributed by atoms with Crippen molar-refractivity contribution in [2.24, 2.45) is 0 Å². The minimum Gasteiger partial charge on any atom is -0.395 e. The summed E-state index contributed by atoms with van der Waals surface area (Å²) in [5, 5.41) is 8.63. The Morgan fingerprint density at radius 1 is 1.25 bits per heavy atom. The molecule has 0 aliphatic heterocycles. The molecule has 2 nitrogen and oxygen atoms in total. The van der Waals surface area contributed by atoms with E-state index in [2.05, 4.69) is 19.2 Å². The van der Waals surface area contributed by atoms with Gasteiger partial charge in [0.1, 0.15) is 0 Å². The molecular formula is C10H14NO. The van der Waals surface area contributed by atoms with Crippen LogP contribution in [0.3, 0.4) is 0 Å². The van der Waals surface area contributed by atoms with Crippen molar-refractivity contribution in [3.63, 3.8) is 0 Å². The van der Waals surface area contributed by atoms with E-state index in [4.69, 9.17) is 5.11 Å². The second kappa shape index (κ2) is 4.91. The van der Waals surface area contributed by atoms with Gasteiger partial charge in [-0.25, -0.2) is 0 Å². The van der Waals surface area contributed by atoms with E-state index in [9.17, 15) is 0 Å². The van der Waals surface area contributed by atoms with E-state index in [1.165, 1.54) is 5.56 Å². The van der Waals surface area contributed by atoms with Gasteiger partial charge < -0.3 is 5.11 Å². The van der Waals surface area contributed by atoms with E-state index < -0.39 is 0 Å². The minimum absolute atomic E-state index is 0.163. The third-order valence-electron chi connectivity index (χ3n) is 1.67.